The molecule has 306 valence electrons. The van der Waals surface area contributed by atoms with E-state index >= 15 is 0 Å². The highest BCUT2D eigenvalue weighted by Crippen LogP contribution is 2.11. The molecule has 0 saturated heterocycles. The lowest BCUT2D eigenvalue weighted by atomic mass is 9.99. The van der Waals surface area contributed by atoms with Gasteiger partial charge in [-0.15, -0.1) is 0 Å². The zero-order valence-corrected chi connectivity index (χ0v) is 31.5. The molecule has 0 unspecified atom stereocenters. The Hall–Kier alpha value is -4.70. The maximum absolute atomic E-state index is 13.6. The highest BCUT2D eigenvalue weighted by Gasteiger charge is 2.36. The summed E-state index contributed by atoms with van der Waals surface area (Å²) in [5, 5.41) is 63.3. The average Bonchev–Trinajstić information content (AvgIpc) is 3.58. The Balaban J connectivity index is 3.14. The largest absolute Gasteiger partial charge is 0.480 e. The van der Waals surface area contributed by atoms with E-state index < -0.39 is 109 Å². The Morgan fingerprint density at radius 2 is 1.02 bits per heavy atom. The SMILES string of the molecule is CC(C)C[C@H](NC(=O)[C@H](CC(C)C)NC(=O)[C@@H](NC(=O)[C@@H](N)Cc1cnc[nH]1)[C@@H](C)O)C(=O)N[C@@H](CO)C(=O)N[C@H](C(=O)N[C@H](C(=O)O)[C@@H](C)O)[C@@H](C)O. The van der Waals surface area contributed by atoms with Gasteiger partial charge < -0.3 is 68.2 Å². The molecule has 14 N–H and O–H groups in total. The Morgan fingerprint density at radius 3 is 1.41 bits per heavy atom. The number of aliphatic carboxylic acids is 1. The van der Waals surface area contributed by atoms with Crippen molar-refractivity contribution in [2.45, 2.75) is 128 Å². The van der Waals surface area contributed by atoms with E-state index in [1.807, 2.05) is 5.32 Å². The lowest BCUT2D eigenvalue weighted by Gasteiger charge is -2.29. The van der Waals surface area contributed by atoms with Crippen LogP contribution < -0.4 is 37.6 Å². The Bertz CT molecular complexity index is 1400. The number of aromatic nitrogens is 2. The van der Waals surface area contributed by atoms with Gasteiger partial charge in [-0.3, -0.25) is 28.8 Å². The molecule has 0 aliphatic carbocycles. The number of aliphatic hydroxyl groups excluding tert-OH is 4. The van der Waals surface area contributed by atoms with Crippen LogP contribution in [0.1, 0.15) is 67.0 Å². The molecule has 0 aromatic carbocycles. The number of imidazole rings is 1. The average molecular weight is 772 g/mol. The molecule has 0 saturated carbocycles. The van der Waals surface area contributed by atoms with E-state index in [0.29, 0.717) is 5.69 Å². The van der Waals surface area contributed by atoms with Crippen molar-refractivity contribution in [3.05, 3.63) is 18.2 Å². The third kappa shape index (κ3) is 15.7. The standard InChI is InChI=1S/C33H57N9O12/c1-14(2)8-21(29(49)39-23(12-43)30(50)41-25(17(6)45)32(52)42-26(18(7)46)33(53)54)37-28(48)22(9-15(3)4)38-31(51)24(16(5)44)40-27(47)20(34)10-19-11-35-13-36-19/h11,13-18,20-26,43-46H,8-10,12,34H2,1-7H3,(H,35,36)(H,37,48)(H,38,51)(H,39,49)(H,40,47)(H,41,50)(H,42,52)(H,53,54)/t16-,17-,18-,20+,21+,22+,23+,24+,25+,26+/m1/s1. The van der Waals surface area contributed by atoms with Crippen molar-refractivity contribution in [3.63, 3.8) is 0 Å². The fraction of sp³-hybridized carbons (Fsp3) is 0.697. The summed E-state index contributed by atoms with van der Waals surface area (Å²) >= 11 is 0. The van der Waals surface area contributed by atoms with E-state index in [1.54, 1.807) is 27.7 Å². The molecule has 0 bridgehead atoms. The predicted molar refractivity (Wildman–Crippen MR) is 191 cm³/mol. The summed E-state index contributed by atoms with van der Waals surface area (Å²) < 4.78 is 0. The number of H-pyrrole nitrogens is 1. The van der Waals surface area contributed by atoms with Crippen LogP contribution in [0.3, 0.4) is 0 Å². The normalized spacial score (nSPS) is 17.0. The molecule has 21 nitrogen and oxygen atoms in total. The number of hydrogen-bond acceptors (Lipinski definition) is 13. The molecule has 21 heteroatoms. The van der Waals surface area contributed by atoms with Crippen molar-refractivity contribution in [3.8, 4) is 0 Å². The molecule has 0 fully saturated rings. The van der Waals surface area contributed by atoms with Gasteiger partial charge in [0.15, 0.2) is 6.04 Å². The smallest absolute Gasteiger partial charge is 0.328 e. The highest BCUT2D eigenvalue weighted by atomic mass is 16.4. The molecular weight excluding hydrogens is 714 g/mol. The van der Waals surface area contributed by atoms with Crippen molar-refractivity contribution in [1.82, 2.24) is 41.9 Å². The fourth-order valence-electron chi connectivity index (χ4n) is 5.09. The number of nitrogens with two attached hydrogens (primary N) is 1. The van der Waals surface area contributed by atoms with Crippen LogP contribution in [0.2, 0.25) is 0 Å². The van der Waals surface area contributed by atoms with Crippen molar-refractivity contribution >= 4 is 41.4 Å². The van der Waals surface area contributed by atoms with Crippen LogP contribution in [0.25, 0.3) is 0 Å². The van der Waals surface area contributed by atoms with E-state index in [4.69, 9.17) is 5.73 Å². The van der Waals surface area contributed by atoms with Gasteiger partial charge >= 0.3 is 5.97 Å². The maximum atomic E-state index is 13.6. The second-order valence-electron chi connectivity index (χ2n) is 14.0. The van der Waals surface area contributed by atoms with Crippen LogP contribution in [-0.2, 0) is 40.0 Å². The number of nitrogens with one attached hydrogen (secondary N) is 7. The summed E-state index contributed by atoms with van der Waals surface area (Å²) in [6.07, 6.45) is -1.51. The summed E-state index contributed by atoms with van der Waals surface area (Å²) in [4.78, 5) is 97.1. The lowest BCUT2D eigenvalue weighted by molar-refractivity contribution is -0.146. The molecule has 1 rings (SSSR count). The van der Waals surface area contributed by atoms with Crippen LogP contribution in [0.15, 0.2) is 12.5 Å². The van der Waals surface area contributed by atoms with E-state index in [1.165, 1.54) is 19.4 Å². The second kappa shape index (κ2) is 22.5. The maximum Gasteiger partial charge on any atom is 0.328 e. The van der Waals surface area contributed by atoms with Gasteiger partial charge in [-0.05, 0) is 45.4 Å². The molecule has 1 aromatic rings. The minimum atomic E-state index is -1.78. The summed E-state index contributed by atoms with van der Waals surface area (Å²) in [7, 11) is 0. The van der Waals surface area contributed by atoms with Crippen LogP contribution in [0.4, 0.5) is 0 Å². The topological polar surface area (TPSA) is 348 Å². The molecule has 0 aliphatic rings. The molecule has 10 atom stereocenters. The molecule has 1 heterocycles. The van der Waals surface area contributed by atoms with Gasteiger partial charge in [0, 0.05) is 18.3 Å². The first-order chi connectivity index (χ1) is 25.1. The number of carbonyl (C=O) groups excluding carboxylic acids is 6. The highest BCUT2D eigenvalue weighted by molar-refractivity contribution is 5.97. The third-order valence-electron chi connectivity index (χ3n) is 8.00. The summed E-state index contributed by atoms with van der Waals surface area (Å²) in [6.45, 7) is 9.51. The molecule has 0 radical (unpaired) electrons. The minimum absolute atomic E-state index is 0.0227. The number of carbonyl (C=O) groups is 7. The Labute approximate surface area is 313 Å². The first-order valence-electron chi connectivity index (χ1n) is 17.5. The van der Waals surface area contributed by atoms with Crippen LogP contribution in [0.5, 0.6) is 0 Å². The molecule has 6 amide bonds. The Morgan fingerprint density at radius 1 is 0.630 bits per heavy atom. The van der Waals surface area contributed by atoms with E-state index in [9.17, 15) is 59.1 Å². The van der Waals surface area contributed by atoms with E-state index in [-0.39, 0.29) is 31.1 Å². The number of carboxylic acid groups (broad SMARTS) is 1. The first-order valence-corrected chi connectivity index (χ1v) is 17.5. The van der Waals surface area contributed by atoms with Gasteiger partial charge in [0.05, 0.1) is 37.3 Å². The van der Waals surface area contributed by atoms with E-state index in [2.05, 4.69) is 36.6 Å². The number of aliphatic hydroxyl groups is 4. The monoisotopic (exact) mass is 771 g/mol. The van der Waals surface area contributed by atoms with E-state index in [0.717, 1.165) is 13.8 Å². The van der Waals surface area contributed by atoms with Gasteiger partial charge in [0.2, 0.25) is 35.4 Å². The van der Waals surface area contributed by atoms with Gasteiger partial charge in [0.25, 0.3) is 0 Å². The van der Waals surface area contributed by atoms with Crippen molar-refractivity contribution in [2.75, 3.05) is 6.61 Å². The molecule has 1 aromatic heterocycles. The number of hydrogen-bond donors (Lipinski definition) is 13. The Kier molecular flexibility index (Phi) is 19.7. The fourth-order valence-corrected chi connectivity index (χ4v) is 5.09. The lowest BCUT2D eigenvalue weighted by Crippen LogP contribution is -2.62. The first kappa shape index (κ1) is 47.3. The number of nitrogens with zero attached hydrogens (tertiary/aromatic N) is 1. The van der Waals surface area contributed by atoms with Gasteiger partial charge in [-0.1, -0.05) is 27.7 Å². The summed E-state index contributed by atoms with van der Waals surface area (Å²) in [6, 6.07) is -10.5. The summed E-state index contributed by atoms with van der Waals surface area (Å²) in [5.41, 5.74) is 6.53. The number of aromatic amines is 1. The molecule has 54 heavy (non-hydrogen) atoms. The molecular formula is C33H57N9O12. The number of amides is 6. The zero-order valence-electron chi connectivity index (χ0n) is 31.5. The zero-order chi connectivity index (χ0) is 41.4. The quantitative estimate of drug-likeness (QED) is 0.0499. The second-order valence-corrected chi connectivity index (χ2v) is 14.0. The van der Waals surface area contributed by atoms with Gasteiger partial charge in [-0.25, -0.2) is 9.78 Å². The van der Waals surface area contributed by atoms with Crippen LogP contribution in [0, 0.1) is 11.8 Å². The number of rotatable bonds is 23. The van der Waals surface area contributed by atoms with Crippen molar-refractivity contribution < 1.29 is 59.1 Å². The van der Waals surface area contributed by atoms with Gasteiger partial charge in [-0.2, -0.15) is 0 Å². The van der Waals surface area contributed by atoms with Crippen molar-refractivity contribution in [2.24, 2.45) is 17.6 Å². The molecule has 0 spiro atoms. The van der Waals surface area contributed by atoms with Crippen molar-refractivity contribution in [1.29, 1.82) is 0 Å². The minimum Gasteiger partial charge on any atom is -0.480 e. The molecule has 0 aliphatic heterocycles. The van der Waals surface area contributed by atoms with Crippen LogP contribution in [-0.4, -0.2) is 144 Å². The van der Waals surface area contributed by atoms with Crippen LogP contribution >= 0.6 is 0 Å². The third-order valence-corrected chi connectivity index (χ3v) is 8.00. The predicted octanol–water partition coefficient (Wildman–Crippen LogP) is -4.50. The summed E-state index contributed by atoms with van der Waals surface area (Å²) in [5.74, 6) is -7.69. The van der Waals surface area contributed by atoms with Gasteiger partial charge in [0.1, 0.15) is 30.2 Å². The number of carboxylic acids is 1.